The average molecular weight is 595 g/mol. The van der Waals surface area contributed by atoms with E-state index in [2.05, 4.69) is 51.1 Å². The number of allylic oxidation sites excluding steroid dienone is 2. The number of aliphatic hydroxyl groups excluding tert-OH is 2. The number of hydrogen-bond donors (Lipinski definition) is 3. The van der Waals surface area contributed by atoms with Gasteiger partial charge in [0.25, 0.3) is 0 Å². The highest BCUT2D eigenvalue weighted by molar-refractivity contribution is 5.91. The van der Waals surface area contributed by atoms with Crippen molar-refractivity contribution in [3.05, 3.63) is 71.3 Å². The fourth-order valence-corrected chi connectivity index (χ4v) is 5.76. The molecule has 0 saturated heterocycles. The molecule has 2 rings (SSSR count). The van der Waals surface area contributed by atoms with Gasteiger partial charge in [-0.05, 0) is 47.1 Å². The van der Waals surface area contributed by atoms with Crippen LogP contribution in [0.4, 0.5) is 0 Å². The van der Waals surface area contributed by atoms with E-state index >= 15 is 0 Å². The van der Waals surface area contributed by atoms with Crippen LogP contribution in [0, 0.1) is 0 Å². The van der Waals surface area contributed by atoms with Crippen molar-refractivity contribution in [3.63, 3.8) is 0 Å². The number of aliphatic hydroxyl groups is 2. The zero-order valence-corrected chi connectivity index (χ0v) is 27.7. The molecule has 242 valence electrons. The van der Waals surface area contributed by atoms with Crippen molar-refractivity contribution >= 4 is 17.1 Å². The molecule has 4 nitrogen and oxygen atoms in total. The zero-order chi connectivity index (χ0) is 31.5. The quantitative estimate of drug-likeness (QED) is 0.0883. The van der Waals surface area contributed by atoms with Crippen LogP contribution >= 0.6 is 0 Å². The largest absolute Gasteiger partial charge is 0.481 e. The molecule has 0 fully saturated rings. The maximum Gasteiger partial charge on any atom is 0.303 e. The first-order valence-electron chi connectivity index (χ1n) is 17.3. The summed E-state index contributed by atoms with van der Waals surface area (Å²) in [5.41, 5.74) is 6.19. The molecule has 2 aromatic rings. The van der Waals surface area contributed by atoms with E-state index in [9.17, 15) is 9.90 Å². The van der Waals surface area contributed by atoms with E-state index < -0.39 is 12.1 Å². The maximum atomic E-state index is 10.3. The first-order chi connectivity index (χ1) is 21.0. The number of carboxylic acids is 1. The summed E-state index contributed by atoms with van der Waals surface area (Å²) >= 11 is 0. The number of unbranched alkanes of at least 4 members (excludes halogenated alkanes) is 14. The maximum absolute atomic E-state index is 10.3. The van der Waals surface area contributed by atoms with Crippen LogP contribution in [0.2, 0.25) is 0 Å². The third kappa shape index (κ3) is 18.1. The molecule has 0 aliphatic heterocycles. The Bertz CT molecular complexity index is 982. The zero-order valence-electron chi connectivity index (χ0n) is 27.7. The number of hydrogen-bond acceptors (Lipinski definition) is 3. The molecule has 0 aromatic heterocycles. The molecule has 3 N–H and O–H groups in total. The molecular formula is C39H62O4. The molecule has 0 bridgehead atoms. The first-order valence-corrected chi connectivity index (χ1v) is 17.3. The molecule has 0 aliphatic rings. The second-order valence-corrected chi connectivity index (χ2v) is 11.8. The van der Waals surface area contributed by atoms with Crippen LogP contribution in [0.25, 0.3) is 11.1 Å². The van der Waals surface area contributed by atoms with Gasteiger partial charge in [-0.1, -0.05) is 165 Å². The molecule has 0 heterocycles. The van der Waals surface area contributed by atoms with Crippen LogP contribution in [0.15, 0.2) is 54.6 Å². The number of rotatable bonds is 23. The molecule has 0 aliphatic carbocycles. The highest BCUT2D eigenvalue weighted by atomic mass is 16.4. The predicted octanol–water partition coefficient (Wildman–Crippen LogP) is 10.6. The van der Waals surface area contributed by atoms with Crippen molar-refractivity contribution in [2.24, 2.45) is 0 Å². The SMILES string of the molecule is CCC(=C(CC)c1ccccc1CC(O)CO)c1ccccc1.CCCCCCCCCCCCCCCCCC(=O)O. The topological polar surface area (TPSA) is 77.8 Å². The minimum atomic E-state index is -0.712. The lowest BCUT2D eigenvalue weighted by molar-refractivity contribution is -0.137. The van der Waals surface area contributed by atoms with E-state index in [1.807, 2.05) is 24.3 Å². The molecule has 0 saturated carbocycles. The lowest BCUT2D eigenvalue weighted by Crippen LogP contribution is -2.16. The summed E-state index contributed by atoms with van der Waals surface area (Å²) in [6.45, 7) is 6.42. The normalized spacial score (nSPS) is 12.3. The summed E-state index contributed by atoms with van der Waals surface area (Å²) in [6, 6.07) is 18.7. The van der Waals surface area contributed by atoms with Crippen molar-refractivity contribution in [1.29, 1.82) is 0 Å². The Morgan fingerprint density at radius 1 is 0.628 bits per heavy atom. The summed E-state index contributed by atoms with van der Waals surface area (Å²) in [4.78, 5) is 10.3. The van der Waals surface area contributed by atoms with Crippen LogP contribution in [-0.4, -0.2) is 34.0 Å². The van der Waals surface area contributed by atoms with Crippen molar-refractivity contribution in [2.75, 3.05) is 6.61 Å². The molecule has 1 unspecified atom stereocenters. The Kier molecular flexibility index (Phi) is 23.3. The number of aliphatic carboxylic acids is 1. The average Bonchev–Trinajstić information content (AvgIpc) is 3.02. The van der Waals surface area contributed by atoms with E-state index in [1.165, 1.54) is 106 Å². The van der Waals surface area contributed by atoms with Crippen molar-refractivity contribution < 1.29 is 20.1 Å². The Hall–Kier alpha value is -2.43. The predicted molar refractivity (Wildman–Crippen MR) is 184 cm³/mol. The number of carbonyl (C=O) groups is 1. The minimum Gasteiger partial charge on any atom is -0.481 e. The molecule has 0 spiro atoms. The summed E-state index contributed by atoms with van der Waals surface area (Å²) in [5, 5.41) is 27.5. The van der Waals surface area contributed by atoms with Crippen molar-refractivity contribution in [2.45, 2.75) is 149 Å². The number of benzene rings is 2. The van der Waals surface area contributed by atoms with Gasteiger partial charge in [0, 0.05) is 12.8 Å². The molecule has 1 atom stereocenters. The fraction of sp³-hybridized carbons (Fsp3) is 0.615. The Morgan fingerprint density at radius 2 is 1.09 bits per heavy atom. The van der Waals surface area contributed by atoms with Crippen LogP contribution < -0.4 is 0 Å². The molecule has 0 amide bonds. The smallest absolute Gasteiger partial charge is 0.303 e. The Balaban J connectivity index is 0.000000436. The van der Waals surface area contributed by atoms with E-state index in [0.717, 1.165) is 31.2 Å². The van der Waals surface area contributed by atoms with E-state index in [4.69, 9.17) is 10.2 Å². The monoisotopic (exact) mass is 594 g/mol. The summed E-state index contributed by atoms with van der Waals surface area (Å²) < 4.78 is 0. The van der Waals surface area contributed by atoms with Gasteiger partial charge in [-0.3, -0.25) is 4.79 Å². The van der Waals surface area contributed by atoms with Gasteiger partial charge in [-0.15, -0.1) is 0 Å². The molecule has 43 heavy (non-hydrogen) atoms. The van der Waals surface area contributed by atoms with Gasteiger partial charge in [-0.2, -0.15) is 0 Å². The minimum absolute atomic E-state index is 0.209. The van der Waals surface area contributed by atoms with Gasteiger partial charge in [0.2, 0.25) is 0 Å². The van der Waals surface area contributed by atoms with Gasteiger partial charge in [-0.25, -0.2) is 0 Å². The van der Waals surface area contributed by atoms with Crippen molar-refractivity contribution in [3.8, 4) is 0 Å². The second kappa shape index (κ2) is 26.0. The first kappa shape index (κ1) is 38.6. The molecule has 2 aromatic carbocycles. The second-order valence-electron chi connectivity index (χ2n) is 11.8. The van der Waals surface area contributed by atoms with E-state index in [1.54, 1.807) is 0 Å². The van der Waals surface area contributed by atoms with Crippen LogP contribution in [-0.2, 0) is 11.2 Å². The summed E-state index contributed by atoms with van der Waals surface area (Å²) in [5.74, 6) is -0.653. The Labute approximate surface area is 263 Å². The lowest BCUT2D eigenvalue weighted by atomic mass is 9.87. The summed E-state index contributed by atoms with van der Waals surface area (Å²) in [6.07, 6.45) is 21.9. The summed E-state index contributed by atoms with van der Waals surface area (Å²) in [7, 11) is 0. The van der Waals surface area contributed by atoms with Crippen LogP contribution in [0.3, 0.4) is 0 Å². The van der Waals surface area contributed by atoms with Gasteiger partial charge < -0.3 is 15.3 Å². The molecule has 0 radical (unpaired) electrons. The third-order valence-electron chi connectivity index (χ3n) is 8.20. The Morgan fingerprint density at radius 3 is 1.56 bits per heavy atom. The molecule has 4 heteroatoms. The third-order valence-corrected chi connectivity index (χ3v) is 8.20. The van der Waals surface area contributed by atoms with E-state index in [0.29, 0.717) is 12.8 Å². The van der Waals surface area contributed by atoms with Gasteiger partial charge in [0.15, 0.2) is 0 Å². The highest BCUT2D eigenvalue weighted by Gasteiger charge is 2.14. The lowest BCUT2D eigenvalue weighted by Gasteiger charge is -2.18. The van der Waals surface area contributed by atoms with E-state index in [-0.39, 0.29) is 6.61 Å². The molecular weight excluding hydrogens is 532 g/mol. The number of carboxylic acid groups (broad SMARTS) is 1. The standard InChI is InChI=1S/C21H26O2.C18H36O2/c1-3-19(16-10-6-5-7-11-16)20(4-2)21-13-9-8-12-17(21)14-18(23)15-22;1-2-3-4-5-6-7-8-9-10-11-12-13-14-15-16-17-18(19)20/h5-13,18,22-23H,3-4,14-15H2,1-2H3;2-17H2,1H3,(H,19,20). The fourth-order valence-electron chi connectivity index (χ4n) is 5.76. The van der Waals surface area contributed by atoms with Crippen molar-refractivity contribution in [1.82, 2.24) is 0 Å². The highest BCUT2D eigenvalue weighted by Crippen LogP contribution is 2.33. The van der Waals surface area contributed by atoms with Crippen LogP contribution in [0.1, 0.15) is 153 Å². The van der Waals surface area contributed by atoms with Gasteiger partial charge in [0.05, 0.1) is 12.7 Å². The van der Waals surface area contributed by atoms with Crippen LogP contribution in [0.5, 0.6) is 0 Å². The van der Waals surface area contributed by atoms with Gasteiger partial charge >= 0.3 is 5.97 Å². The van der Waals surface area contributed by atoms with Gasteiger partial charge in [0.1, 0.15) is 0 Å².